The molecule has 0 aliphatic carbocycles. The summed E-state index contributed by atoms with van der Waals surface area (Å²) in [4.78, 5) is 0. The lowest BCUT2D eigenvalue weighted by molar-refractivity contribution is 0.694. The molecule has 7 heterocycles. The van der Waals surface area contributed by atoms with Crippen LogP contribution >= 0.6 is 0 Å². The van der Waals surface area contributed by atoms with E-state index in [4.69, 9.17) is 0 Å². The molecule has 7 aromatic carbocycles. The van der Waals surface area contributed by atoms with Crippen molar-refractivity contribution in [1.29, 1.82) is 0 Å². The number of hydrogen-bond donors (Lipinski definition) is 0. The molecule has 14 nitrogen and oxygen atoms in total. The molecule has 0 fully saturated rings. The first-order valence-electron chi connectivity index (χ1n) is 52.8. The highest BCUT2D eigenvalue weighted by molar-refractivity contribution is 5.43. The first kappa shape index (κ1) is 116. The summed E-state index contributed by atoms with van der Waals surface area (Å²) in [5.41, 5.74) is 53.0. The average Bonchev–Trinajstić information content (AvgIpc) is 0.823. The maximum atomic E-state index is 4.50. The summed E-state index contributed by atoms with van der Waals surface area (Å²) in [6, 6.07) is 61.6. The van der Waals surface area contributed by atoms with Crippen LogP contribution in [0.15, 0.2) is 170 Å². The van der Waals surface area contributed by atoms with Crippen LogP contribution in [0.4, 0.5) is 0 Å². The predicted octanol–water partition coefficient (Wildman–Crippen LogP) is 31.9. The van der Waals surface area contributed by atoms with Crippen LogP contribution < -0.4 is 0 Å². The molecule has 3 atom stereocenters. The van der Waals surface area contributed by atoms with Crippen LogP contribution in [-0.4, -0.2) is 71.4 Å². The summed E-state index contributed by atoms with van der Waals surface area (Å²) in [5, 5.41) is 61.6. The Labute approximate surface area is 864 Å². The Morgan fingerprint density at radius 1 is 0.175 bits per heavy atom. The molecule has 0 aliphatic rings. The van der Waals surface area contributed by atoms with Gasteiger partial charge >= 0.3 is 0 Å². The van der Waals surface area contributed by atoms with Crippen LogP contribution in [0.25, 0.3) is 0 Å². The molecular weight excluding hydrogens is 1750 g/mol. The maximum absolute atomic E-state index is 4.50. The minimum atomic E-state index is 0.430. The molecule has 7 aromatic heterocycles. The van der Waals surface area contributed by atoms with Crippen LogP contribution in [0.3, 0.4) is 0 Å². The summed E-state index contributed by atoms with van der Waals surface area (Å²) in [5.74, 6) is 4.45. The SMILES string of the molecule is Cc1cc(C)c(CCc2nnc(C(C)C)c(C)c2C)c(C)c1.Cc1cc(C)c(CCc2nnc(C(C)C)cc2C)c(C)c1.Cc1ccc(CCc2cc(C)c(C(C)C)nn2)c(C)c1.Cc1ccc(CCc2ccc(C(C)C)nn2)c(C)c1.Cc1ccc([C@@H](C)Cc2nnc(C(C)C)c(C)c2C)cc1.Cc1ccc([C@@H](C)Cc2nnc(C(C)C)cc2C)cc1.Cc1ccc([C@@H](C)Cc2nnc(C(C)C)cc2C)cc1. The standard InChI is InChI=1S/C20H28N2.2C19H26N2.3C18H24N2.C17H22N2/c1-12(2)20-17(7)16(6)19(21-22-20)9-8-18-14(4)10-13(3)11-15(18)5;1-12(2)19-16(6)15(5)18(20-21-19)11-14(4)17-9-7-13(3)8-10-17;1-12(2)19-11-16(6)18(20-21-19)8-7-17-14(4)9-13(3)10-15(17)5;2*1-12(2)17-11-15(5)18(20-19-17)10-14(4)16-8-6-13(3)7-9-16;1-12(2)18-15(5)11-17(19-20-18)9-8-16-7-6-13(3)10-14(16)4;1-12(2)17-10-9-16(18-19-17)8-7-15-6-5-13(3)11-14(15)4/h10-12H,8-9H2,1-7H3;7-10,12,14H,11H2,1-6H3;9-12H,7-8H2,1-6H3;2*6-9,11-12,14H,10H2,1-5H3;6-7,10-12H,8-9H2,1-5H3;5-6,9-12H,7-8H2,1-4H3/t;14-;;2*14-;;/m.0.00../s1. The molecule has 0 N–H and O–H groups in total. The van der Waals surface area contributed by atoms with Crippen molar-refractivity contribution >= 4 is 0 Å². The molecule has 0 spiro atoms. The van der Waals surface area contributed by atoms with E-state index in [9.17, 15) is 0 Å². The first-order chi connectivity index (χ1) is 67.6. The van der Waals surface area contributed by atoms with E-state index in [1.54, 1.807) is 0 Å². The monoisotopic (exact) mass is 1920 g/mol. The Balaban J connectivity index is 0.000000204. The van der Waals surface area contributed by atoms with Gasteiger partial charge in [0, 0.05) is 0 Å². The zero-order valence-electron chi connectivity index (χ0n) is 95.0. The maximum Gasteiger partial charge on any atom is 0.0688 e. The number of nitrogens with zero attached hydrogens (tertiary/aromatic N) is 14. The number of aryl methyl sites for hydroxylation is 23. The Morgan fingerprint density at radius 3 is 0.797 bits per heavy atom. The Morgan fingerprint density at radius 2 is 0.469 bits per heavy atom. The largest absolute Gasteiger partial charge is 0.155 e. The Bertz CT molecular complexity index is 6240. The molecule has 0 bridgehead atoms. The van der Waals surface area contributed by atoms with E-state index >= 15 is 0 Å². The molecule has 143 heavy (non-hydrogen) atoms. The van der Waals surface area contributed by atoms with E-state index < -0.39 is 0 Å². The second-order valence-electron chi connectivity index (χ2n) is 43.4. The molecule has 14 aromatic rings. The molecule has 14 rings (SSSR count). The molecule has 14 heteroatoms. The third-order valence-corrected chi connectivity index (χ3v) is 28.1. The minimum Gasteiger partial charge on any atom is -0.155 e. The lowest BCUT2D eigenvalue weighted by Crippen LogP contribution is -2.09. The van der Waals surface area contributed by atoms with Crippen molar-refractivity contribution in [2.75, 3.05) is 0 Å². The highest BCUT2D eigenvalue weighted by Gasteiger charge is 2.21. The second kappa shape index (κ2) is 55.8. The van der Waals surface area contributed by atoms with Gasteiger partial charge < -0.3 is 0 Å². The summed E-state index contributed by atoms with van der Waals surface area (Å²) in [6.07, 6.45) is 10.8. The van der Waals surface area contributed by atoms with Crippen LogP contribution in [0.2, 0.25) is 0 Å². The number of hydrogen-bond acceptors (Lipinski definition) is 14. The lowest BCUT2D eigenvalue weighted by Gasteiger charge is -2.16. The van der Waals surface area contributed by atoms with Gasteiger partial charge in [-0.15, -0.1) is 0 Å². The quantitative estimate of drug-likeness (QED) is 0.0452. The molecular formula is C129H174N14. The van der Waals surface area contributed by atoms with Crippen molar-refractivity contribution in [3.8, 4) is 0 Å². The van der Waals surface area contributed by atoms with Crippen LogP contribution in [0.1, 0.15) is 412 Å². The van der Waals surface area contributed by atoms with Gasteiger partial charge in [-0.25, -0.2) is 0 Å². The summed E-state index contributed by atoms with van der Waals surface area (Å²) < 4.78 is 0. The summed E-state index contributed by atoms with van der Waals surface area (Å²) in [6.45, 7) is 82.3. The minimum absolute atomic E-state index is 0.430. The van der Waals surface area contributed by atoms with Crippen LogP contribution in [0.5, 0.6) is 0 Å². The van der Waals surface area contributed by atoms with E-state index in [1.165, 1.54) is 156 Å². The van der Waals surface area contributed by atoms with Gasteiger partial charge in [-0.2, -0.15) is 71.4 Å². The lowest BCUT2D eigenvalue weighted by atomic mass is 9.92. The van der Waals surface area contributed by atoms with Crippen LogP contribution in [-0.2, 0) is 70.6 Å². The van der Waals surface area contributed by atoms with E-state index in [1.807, 2.05) is 0 Å². The van der Waals surface area contributed by atoms with Gasteiger partial charge in [0.1, 0.15) is 0 Å². The van der Waals surface area contributed by atoms with Crippen molar-refractivity contribution in [1.82, 2.24) is 71.4 Å². The number of aromatic nitrogens is 14. The number of benzene rings is 7. The normalized spacial score (nSPS) is 11.8. The summed E-state index contributed by atoms with van der Waals surface area (Å²) >= 11 is 0. The third kappa shape index (κ3) is 35.8. The Kier molecular flexibility index (Phi) is 45.4. The van der Waals surface area contributed by atoms with Gasteiger partial charge in [0.2, 0.25) is 0 Å². The van der Waals surface area contributed by atoms with Crippen LogP contribution in [0, 0.1) is 145 Å². The van der Waals surface area contributed by atoms with Crippen molar-refractivity contribution in [3.63, 3.8) is 0 Å². The zero-order chi connectivity index (χ0) is 105. The van der Waals surface area contributed by atoms with E-state index in [2.05, 4.69) is 504 Å². The number of rotatable bonds is 28. The molecule has 0 saturated carbocycles. The second-order valence-corrected chi connectivity index (χ2v) is 43.4. The topological polar surface area (TPSA) is 180 Å². The Hall–Kier alpha value is -11.9. The fraction of sp³-hybridized carbons (Fsp3) is 0.457. The van der Waals surface area contributed by atoms with Gasteiger partial charge in [-0.05, 0) is 428 Å². The first-order valence-corrected chi connectivity index (χ1v) is 52.8. The average molecular weight is 1920 g/mol. The summed E-state index contributed by atoms with van der Waals surface area (Å²) in [7, 11) is 0. The molecule has 0 amide bonds. The van der Waals surface area contributed by atoms with E-state index in [0.717, 1.165) is 150 Å². The van der Waals surface area contributed by atoms with Gasteiger partial charge in [-0.1, -0.05) is 290 Å². The molecule has 0 radical (unpaired) electrons. The smallest absolute Gasteiger partial charge is 0.0688 e. The highest BCUT2D eigenvalue weighted by Crippen LogP contribution is 2.32. The third-order valence-electron chi connectivity index (χ3n) is 28.1. The fourth-order valence-corrected chi connectivity index (χ4v) is 18.4. The van der Waals surface area contributed by atoms with E-state index in [-0.39, 0.29) is 0 Å². The molecule has 0 saturated heterocycles. The molecule has 760 valence electrons. The van der Waals surface area contributed by atoms with Gasteiger partial charge in [0.15, 0.2) is 0 Å². The van der Waals surface area contributed by atoms with Gasteiger partial charge in [0.05, 0.1) is 79.7 Å². The molecule has 0 unspecified atom stereocenters. The van der Waals surface area contributed by atoms with Gasteiger partial charge in [-0.3, -0.25) is 0 Å². The predicted molar refractivity (Wildman–Crippen MR) is 603 cm³/mol. The van der Waals surface area contributed by atoms with Crippen molar-refractivity contribution in [2.45, 2.75) is 393 Å². The highest BCUT2D eigenvalue weighted by atomic mass is 15.1. The van der Waals surface area contributed by atoms with E-state index in [0.29, 0.717) is 59.2 Å². The van der Waals surface area contributed by atoms with Crippen molar-refractivity contribution < 1.29 is 0 Å². The van der Waals surface area contributed by atoms with Crippen molar-refractivity contribution in [2.24, 2.45) is 0 Å². The zero-order valence-corrected chi connectivity index (χ0v) is 95.0. The van der Waals surface area contributed by atoms with Crippen molar-refractivity contribution in [3.05, 3.63) is 405 Å². The van der Waals surface area contributed by atoms with Gasteiger partial charge in [0.25, 0.3) is 0 Å². The fourth-order valence-electron chi connectivity index (χ4n) is 18.4. The molecule has 0 aliphatic heterocycles.